The Morgan fingerprint density at radius 3 is 1.80 bits per heavy atom. The molecule has 0 atom stereocenters. The molecule has 0 saturated carbocycles. The van der Waals surface area contributed by atoms with Crippen LogP contribution < -0.4 is 0 Å². The van der Waals surface area contributed by atoms with E-state index in [1.807, 2.05) is 0 Å². The summed E-state index contributed by atoms with van der Waals surface area (Å²) >= 11 is 0.847. The third-order valence-corrected chi connectivity index (χ3v) is 0. The number of rotatable bonds is 0. The Kier molecular flexibility index (Phi) is 47.4. The molecule has 5 heavy (non-hydrogen) atoms. The van der Waals surface area contributed by atoms with Crippen LogP contribution in [0.2, 0.25) is 0 Å². The monoisotopic (exact) mass is 145 g/mol. The van der Waals surface area contributed by atoms with Gasteiger partial charge in [-0.2, -0.15) is 0 Å². The van der Waals surface area contributed by atoms with Crippen molar-refractivity contribution in [1.29, 1.82) is 0 Å². The first kappa shape index (κ1) is 9.04. The molecule has 0 amide bonds. The van der Waals surface area contributed by atoms with Crippen LogP contribution in [0.4, 0.5) is 0 Å². The van der Waals surface area contributed by atoms with E-state index in [2.05, 4.69) is 0 Å². The molecule has 0 rings (SSSR count). The molecule has 0 fully saturated rings. The molecule has 0 bridgehead atoms. The third kappa shape index (κ3) is 169. The van der Waals surface area contributed by atoms with Crippen LogP contribution in [0.1, 0.15) is 0 Å². The number of carbonyl (C=O) groups is 1. The zero-order valence-corrected chi connectivity index (χ0v) is 6.24. The fourth-order valence-corrected chi connectivity index (χ4v) is 0. The van der Waals surface area contributed by atoms with Crippen LogP contribution in [0.5, 0.6) is 0 Å². The van der Waals surface area contributed by atoms with E-state index in [0.29, 0.717) is 0 Å². The summed E-state index contributed by atoms with van der Waals surface area (Å²) in [5.41, 5.74) is 0. The van der Waals surface area contributed by atoms with Crippen molar-refractivity contribution in [3.8, 4) is 0 Å². The van der Waals surface area contributed by atoms with Crippen LogP contribution >= 0.6 is 9.69 Å². The average molecular weight is 147 g/mol. The van der Waals surface area contributed by atoms with E-state index in [1.165, 1.54) is 0 Å². The second-order valence-electron chi connectivity index (χ2n) is 0.105. The van der Waals surface area contributed by atoms with Crippen LogP contribution in [0.25, 0.3) is 0 Å². The van der Waals surface area contributed by atoms with Gasteiger partial charge in [-0.05, 0) is 0 Å². The van der Waals surface area contributed by atoms with Gasteiger partial charge in [0.15, 0.2) is 0 Å². The first-order valence-electron chi connectivity index (χ1n) is 0.761. The SMILES string of the molecule is O=CO.[Cl][Zn]. The normalized spacial score (nSPS) is 3.80. The Bertz CT molecular complexity index is 17.1. The van der Waals surface area contributed by atoms with Gasteiger partial charge in [-0.15, -0.1) is 0 Å². The minimum absolute atomic E-state index is 0.250. The van der Waals surface area contributed by atoms with Crippen molar-refractivity contribution in [2.75, 3.05) is 0 Å². The second-order valence-corrected chi connectivity index (χ2v) is 0.105. The summed E-state index contributed by atoms with van der Waals surface area (Å²) < 4.78 is 0. The molecule has 0 spiro atoms. The third-order valence-electron chi connectivity index (χ3n) is 0. The van der Waals surface area contributed by atoms with Gasteiger partial charge in [0.1, 0.15) is 0 Å². The summed E-state index contributed by atoms with van der Waals surface area (Å²) in [4.78, 5) is 8.36. The van der Waals surface area contributed by atoms with Gasteiger partial charge < -0.3 is 5.11 Å². The summed E-state index contributed by atoms with van der Waals surface area (Å²) in [6.07, 6.45) is 0. The van der Waals surface area contributed by atoms with Crippen LogP contribution in [0, 0.1) is 0 Å². The molecule has 0 aliphatic carbocycles. The van der Waals surface area contributed by atoms with Gasteiger partial charge in [0.05, 0.1) is 0 Å². The zero-order valence-electron chi connectivity index (χ0n) is 2.52. The predicted octanol–water partition coefficient (Wildman–Crippen LogP) is 0.388. The van der Waals surface area contributed by atoms with Crippen LogP contribution in [0.3, 0.4) is 0 Å². The maximum absolute atomic E-state index is 8.36. The summed E-state index contributed by atoms with van der Waals surface area (Å²) in [5, 5.41) is 6.89. The zero-order chi connectivity index (χ0) is 4.71. The molecule has 1 N–H and O–H groups in total. The van der Waals surface area contributed by atoms with Crippen LogP contribution in [-0.4, -0.2) is 11.6 Å². The van der Waals surface area contributed by atoms with Crippen molar-refractivity contribution in [2.24, 2.45) is 0 Å². The number of carboxylic acid groups (broad SMARTS) is 1. The summed E-state index contributed by atoms with van der Waals surface area (Å²) in [5.74, 6) is 0. The van der Waals surface area contributed by atoms with Gasteiger partial charge in [-0.25, -0.2) is 0 Å². The Morgan fingerprint density at radius 1 is 1.80 bits per heavy atom. The first-order chi connectivity index (χ1) is 2.41. The van der Waals surface area contributed by atoms with Gasteiger partial charge in [0, 0.05) is 0 Å². The van der Waals surface area contributed by atoms with Crippen molar-refractivity contribution in [1.82, 2.24) is 0 Å². The van der Waals surface area contributed by atoms with Crippen LogP contribution in [-0.2, 0) is 22.1 Å². The summed E-state index contributed by atoms with van der Waals surface area (Å²) in [6, 6.07) is 0. The molecule has 4 heteroatoms. The van der Waals surface area contributed by atoms with Crippen molar-refractivity contribution < 1.29 is 27.2 Å². The Labute approximate surface area is 43.8 Å². The molecule has 0 aromatic heterocycles. The molecular formula is CH2ClO2Zn. The molecule has 0 aromatic rings. The molecule has 0 heterocycles. The Balaban J connectivity index is 0. The summed E-state index contributed by atoms with van der Waals surface area (Å²) in [7, 11) is 4.76. The van der Waals surface area contributed by atoms with Crippen molar-refractivity contribution >= 4 is 16.2 Å². The van der Waals surface area contributed by atoms with E-state index < -0.39 is 0 Å². The number of hydrogen-bond donors (Lipinski definition) is 1. The second kappa shape index (κ2) is 26.2. The molecule has 0 aliphatic rings. The molecule has 2 nitrogen and oxygen atoms in total. The van der Waals surface area contributed by atoms with Gasteiger partial charge in [0.2, 0.25) is 0 Å². The van der Waals surface area contributed by atoms with E-state index in [4.69, 9.17) is 19.6 Å². The molecule has 0 unspecified atom stereocenters. The van der Waals surface area contributed by atoms with Crippen molar-refractivity contribution in [2.45, 2.75) is 0 Å². The quantitative estimate of drug-likeness (QED) is 0.397. The van der Waals surface area contributed by atoms with Gasteiger partial charge in [-0.1, -0.05) is 0 Å². The van der Waals surface area contributed by atoms with E-state index in [9.17, 15) is 0 Å². The van der Waals surface area contributed by atoms with Gasteiger partial charge >= 0.3 is 27.0 Å². The fraction of sp³-hybridized carbons (Fsp3) is 0. The Morgan fingerprint density at radius 2 is 1.80 bits per heavy atom. The predicted molar refractivity (Wildman–Crippen MR) is 14.5 cm³/mol. The number of hydrogen-bond acceptors (Lipinski definition) is 1. The first-order valence-corrected chi connectivity index (χ1v) is 4.66. The van der Waals surface area contributed by atoms with E-state index >= 15 is 0 Å². The van der Waals surface area contributed by atoms with Crippen molar-refractivity contribution in [3.05, 3.63) is 0 Å². The van der Waals surface area contributed by atoms with E-state index in [-0.39, 0.29) is 6.47 Å². The molecule has 27 valence electrons. The Hall–Kier alpha value is 0.383. The van der Waals surface area contributed by atoms with Gasteiger partial charge in [-0.3, -0.25) is 4.79 Å². The maximum atomic E-state index is 8.36. The number of halogens is 1. The van der Waals surface area contributed by atoms with Crippen LogP contribution in [0.15, 0.2) is 0 Å². The van der Waals surface area contributed by atoms with Crippen molar-refractivity contribution in [3.63, 3.8) is 0 Å². The summed E-state index contributed by atoms with van der Waals surface area (Å²) in [6.45, 7) is -0.250. The molecule has 0 saturated heterocycles. The van der Waals surface area contributed by atoms with Gasteiger partial charge in [0.25, 0.3) is 6.47 Å². The fourth-order valence-electron chi connectivity index (χ4n) is 0. The van der Waals surface area contributed by atoms with E-state index in [0.717, 1.165) is 17.3 Å². The topological polar surface area (TPSA) is 37.3 Å². The average Bonchev–Trinajstić information content (AvgIpc) is 1.46. The molecule has 0 radical (unpaired) electrons. The molecule has 0 aliphatic heterocycles. The molecular weight excluding hydrogens is 145 g/mol. The minimum atomic E-state index is -0.250. The molecule has 0 aromatic carbocycles. The standard InChI is InChI=1S/CH2O2.ClH.Zn/c2-1-3;;/h1H,(H,2,3);1H;/q;;+1/p-1. The van der Waals surface area contributed by atoms with E-state index in [1.54, 1.807) is 0 Å².